The quantitative estimate of drug-likeness (QED) is 0.203. The minimum Gasteiger partial charge on any atom is -0.0844 e. The van der Waals surface area contributed by atoms with Crippen molar-refractivity contribution in [1.82, 2.24) is 0 Å². The van der Waals surface area contributed by atoms with Crippen LogP contribution in [0.25, 0.3) is 0 Å². The molecule has 0 unspecified atom stereocenters. The summed E-state index contributed by atoms with van der Waals surface area (Å²) in [5.41, 5.74) is 3.05. The van der Waals surface area contributed by atoms with Gasteiger partial charge in [0.1, 0.15) is 0 Å². The van der Waals surface area contributed by atoms with E-state index < -0.39 is 0 Å². The van der Waals surface area contributed by atoms with Crippen LogP contribution in [0.3, 0.4) is 0 Å². The highest BCUT2D eigenvalue weighted by molar-refractivity contribution is 14.1. The second kappa shape index (κ2) is 8.19. The average Bonchev–Trinajstić information content (AvgIpc) is 2.99. The molecule has 0 heterocycles. The largest absolute Gasteiger partial charge is 0.0844 e. The molecule has 0 radical (unpaired) electrons. The molecule has 0 aromatic heterocycles. The van der Waals surface area contributed by atoms with Gasteiger partial charge < -0.3 is 0 Å². The van der Waals surface area contributed by atoms with Crippen molar-refractivity contribution in [2.24, 2.45) is 46.3 Å². The normalized spacial score (nSPS) is 46.5. The van der Waals surface area contributed by atoms with Crippen LogP contribution in [-0.4, -0.2) is 3.92 Å². The minimum absolute atomic E-state index is 0.548. The fourth-order valence-corrected chi connectivity index (χ4v) is 9.43. The Kier molecular flexibility index (Phi) is 6.35. The highest BCUT2D eigenvalue weighted by Crippen LogP contribution is 2.67. The van der Waals surface area contributed by atoms with Crippen molar-refractivity contribution >= 4 is 22.6 Å². The molecule has 0 saturated heterocycles. The van der Waals surface area contributed by atoms with Crippen LogP contribution in [0.1, 0.15) is 105 Å². The molecule has 1 heteroatoms. The molecule has 0 amide bonds. The molecule has 4 rings (SSSR count). The SMILES string of the molecule is CC(C)CCC[C@@H](C)[C@H]1CC[C@H]2[C@@H]3CC=C4C[C@H](I)CC[C@]4(C)[C@H]3CC[C@]12C. The topological polar surface area (TPSA) is 0 Å². The van der Waals surface area contributed by atoms with E-state index in [9.17, 15) is 0 Å². The van der Waals surface area contributed by atoms with E-state index in [-0.39, 0.29) is 0 Å². The predicted octanol–water partition coefficient (Wildman–Crippen LogP) is 8.83. The second-order valence-corrected chi connectivity index (χ2v) is 13.9. The number of allylic oxidation sites excluding steroid dienone is 2. The summed E-state index contributed by atoms with van der Waals surface area (Å²) in [6.07, 6.45) is 18.9. The zero-order valence-electron chi connectivity index (χ0n) is 19.3. The monoisotopic (exact) mass is 496 g/mol. The molecule has 8 atom stereocenters. The Balaban J connectivity index is 1.49. The van der Waals surface area contributed by atoms with Gasteiger partial charge in [-0.15, -0.1) is 0 Å². The fraction of sp³-hybridized carbons (Fsp3) is 0.926. The van der Waals surface area contributed by atoms with E-state index in [4.69, 9.17) is 0 Å². The third kappa shape index (κ3) is 3.66. The summed E-state index contributed by atoms with van der Waals surface area (Å²) in [5, 5.41) is 0. The molecule has 0 N–H and O–H groups in total. The number of rotatable bonds is 5. The Morgan fingerprint density at radius 2 is 1.79 bits per heavy atom. The van der Waals surface area contributed by atoms with Crippen molar-refractivity contribution in [1.29, 1.82) is 0 Å². The van der Waals surface area contributed by atoms with Crippen molar-refractivity contribution in [2.75, 3.05) is 0 Å². The number of fused-ring (bicyclic) bond motifs is 5. The fourth-order valence-electron chi connectivity index (χ4n) is 8.64. The number of hydrogen-bond acceptors (Lipinski definition) is 0. The molecule has 4 aliphatic carbocycles. The van der Waals surface area contributed by atoms with Gasteiger partial charge in [-0.3, -0.25) is 0 Å². The maximum absolute atomic E-state index is 2.75. The highest BCUT2D eigenvalue weighted by atomic mass is 127. The lowest BCUT2D eigenvalue weighted by atomic mass is 9.47. The first-order chi connectivity index (χ1) is 13.3. The van der Waals surface area contributed by atoms with Crippen LogP contribution in [-0.2, 0) is 0 Å². The van der Waals surface area contributed by atoms with E-state index in [1.807, 2.05) is 5.57 Å². The Bertz CT molecular complexity index is 591. The molecule has 0 spiro atoms. The standard InChI is InChI=1S/C27H45I/c1-18(2)7-6-8-19(3)23-11-12-24-22-10-9-20-17-21(28)13-15-26(20,4)25(22)14-16-27(23,24)5/h9,18-19,21-25H,6-8,10-17H2,1-5H3/t19-,21-,22+,23-,24+,25+,26+,27-/m1/s1. The molecular weight excluding hydrogens is 451 g/mol. The summed E-state index contributed by atoms with van der Waals surface area (Å²) in [6, 6.07) is 0. The third-order valence-electron chi connectivity index (χ3n) is 10.2. The van der Waals surface area contributed by atoms with Crippen LogP contribution in [0.5, 0.6) is 0 Å². The minimum atomic E-state index is 0.548. The Morgan fingerprint density at radius 1 is 1.00 bits per heavy atom. The molecule has 4 aliphatic rings. The van der Waals surface area contributed by atoms with Crippen molar-refractivity contribution in [3.63, 3.8) is 0 Å². The molecule has 3 saturated carbocycles. The van der Waals surface area contributed by atoms with Crippen molar-refractivity contribution in [3.8, 4) is 0 Å². The third-order valence-corrected chi connectivity index (χ3v) is 11.3. The lowest BCUT2D eigenvalue weighted by molar-refractivity contribution is -0.0495. The van der Waals surface area contributed by atoms with E-state index in [1.54, 1.807) is 0 Å². The zero-order chi connectivity index (χ0) is 20.1. The van der Waals surface area contributed by atoms with Gasteiger partial charge >= 0.3 is 0 Å². The van der Waals surface area contributed by atoms with Crippen molar-refractivity contribution in [3.05, 3.63) is 11.6 Å². The Labute approximate surface area is 189 Å². The molecular formula is C27H45I. The van der Waals surface area contributed by atoms with Crippen LogP contribution < -0.4 is 0 Å². The number of halogens is 1. The zero-order valence-corrected chi connectivity index (χ0v) is 21.4. The lowest BCUT2D eigenvalue weighted by Gasteiger charge is -2.58. The Hall–Kier alpha value is 0.470. The molecule has 0 aliphatic heterocycles. The summed E-state index contributed by atoms with van der Waals surface area (Å²) in [6.45, 7) is 12.8. The van der Waals surface area contributed by atoms with Gasteiger partial charge in [0.15, 0.2) is 0 Å². The summed E-state index contributed by atoms with van der Waals surface area (Å²) >= 11 is 2.71. The van der Waals surface area contributed by atoms with E-state index in [0.717, 1.165) is 39.4 Å². The van der Waals surface area contributed by atoms with E-state index in [0.29, 0.717) is 10.8 Å². The van der Waals surface area contributed by atoms with Gasteiger partial charge in [-0.1, -0.05) is 88.1 Å². The average molecular weight is 497 g/mol. The molecule has 0 nitrogen and oxygen atoms in total. The molecule has 28 heavy (non-hydrogen) atoms. The van der Waals surface area contributed by atoms with Gasteiger partial charge in [0.25, 0.3) is 0 Å². The van der Waals surface area contributed by atoms with Gasteiger partial charge in [-0.2, -0.15) is 0 Å². The number of hydrogen-bond donors (Lipinski definition) is 0. The van der Waals surface area contributed by atoms with Gasteiger partial charge in [-0.05, 0) is 97.7 Å². The first kappa shape index (κ1) is 21.7. The van der Waals surface area contributed by atoms with Crippen LogP contribution >= 0.6 is 22.6 Å². The first-order valence-corrected chi connectivity index (χ1v) is 13.8. The Morgan fingerprint density at radius 3 is 2.54 bits per heavy atom. The van der Waals surface area contributed by atoms with Gasteiger partial charge in [-0.25, -0.2) is 0 Å². The van der Waals surface area contributed by atoms with Crippen LogP contribution in [0.2, 0.25) is 0 Å². The number of alkyl halides is 1. The molecule has 160 valence electrons. The molecule has 0 aromatic carbocycles. The van der Waals surface area contributed by atoms with E-state index in [2.05, 4.69) is 63.3 Å². The van der Waals surface area contributed by atoms with Crippen molar-refractivity contribution in [2.45, 2.75) is 109 Å². The van der Waals surface area contributed by atoms with Crippen LogP contribution in [0.4, 0.5) is 0 Å². The van der Waals surface area contributed by atoms with Gasteiger partial charge in [0.05, 0.1) is 0 Å². The van der Waals surface area contributed by atoms with Gasteiger partial charge in [0.2, 0.25) is 0 Å². The van der Waals surface area contributed by atoms with Crippen molar-refractivity contribution < 1.29 is 0 Å². The second-order valence-electron chi connectivity index (χ2n) is 12.1. The summed E-state index contributed by atoms with van der Waals surface area (Å²) in [7, 11) is 0. The summed E-state index contributed by atoms with van der Waals surface area (Å²) < 4.78 is 0.893. The summed E-state index contributed by atoms with van der Waals surface area (Å²) in [5.74, 6) is 5.79. The molecule has 3 fully saturated rings. The highest BCUT2D eigenvalue weighted by Gasteiger charge is 2.58. The molecule has 0 aromatic rings. The first-order valence-electron chi connectivity index (χ1n) is 12.6. The lowest BCUT2D eigenvalue weighted by Crippen LogP contribution is -2.50. The summed E-state index contributed by atoms with van der Waals surface area (Å²) in [4.78, 5) is 0. The molecule has 0 bridgehead atoms. The predicted molar refractivity (Wildman–Crippen MR) is 131 cm³/mol. The van der Waals surface area contributed by atoms with Crippen LogP contribution in [0.15, 0.2) is 11.6 Å². The van der Waals surface area contributed by atoms with E-state index >= 15 is 0 Å². The van der Waals surface area contributed by atoms with E-state index in [1.165, 1.54) is 70.6 Å². The maximum Gasteiger partial charge on any atom is 0.0147 e. The van der Waals surface area contributed by atoms with Gasteiger partial charge in [0, 0.05) is 3.92 Å². The van der Waals surface area contributed by atoms with Crippen LogP contribution in [0, 0.1) is 46.3 Å². The smallest absolute Gasteiger partial charge is 0.0147 e. The maximum atomic E-state index is 2.75.